The SMILES string of the molecule is CC(C)(C)Cc1cccc2[nH]ccc12. The van der Waals surface area contributed by atoms with Crippen molar-refractivity contribution in [3.63, 3.8) is 0 Å². The third-order valence-corrected chi connectivity index (χ3v) is 2.41. The summed E-state index contributed by atoms with van der Waals surface area (Å²) in [5.74, 6) is 0. The molecule has 1 heterocycles. The average molecular weight is 187 g/mol. The molecule has 0 radical (unpaired) electrons. The van der Waals surface area contributed by atoms with Gasteiger partial charge in [0.25, 0.3) is 0 Å². The fourth-order valence-corrected chi connectivity index (χ4v) is 1.88. The van der Waals surface area contributed by atoms with Gasteiger partial charge in [0, 0.05) is 17.1 Å². The van der Waals surface area contributed by atoms with Crippen LogP contribution < -0.4 is 0 Å². The number of rotatable bonds is 1. The van der Waals surface area contributed by atoms with Crippen molar-refractivity contribution in [2.45, 2.75) is 27.2 Å². The second kappa shape index (κ2) is 3.16. The lowest BCUT2D eigenvalue weighted by Gasteiger charge is -2.18. The molecule has 0 fully saturated rings. The normalized spacial score (nSPS) is 12.2. The Labute approximate surface area is 85.1 Å². The molecule has 1 aromatic heterocycles. The molecule has 0 unspecified atom stereocenters. The Hall–Kier alpha value is -1.24. The highest BCUT2D eigenvalue weighted by atomic mass is 14.7. The Morgan fingerprint density at radius 1 is 1.14 bits per heavy atom. The van der Waals surface area contributed by atoms with E-state index in [0.29, 0.717) is 5.41 Å². The fraction of sp³-hybridized carbons (Fsp3) is 0.385. The van der Waals surface area contributed by atoms with Crippen molar-refractivity contribution in [2.75, 3.05) is 0 Å². The van der Waals surface area contributed by atoms with Gasteiger partial charge >= 0.3 is 0 Å². The van der Waals surface area contributed by atoms with Gasteiger partial charge in [-0.2, -0.15) is 0 Å². The van der Waals surface area contributed by atoms with Crippen molar-refractivity contribution in [1.82, 2.24) is 4.98 Å². The van der Waals surface area contributed by atoms with Gasteiger partial charge in [-0.25, -0.2) is 0 Å². The first-order valence-corrected chi connectivity index (χ1v) is 5.11. The average Bonchev–Trinajstić information content (AvgIpc) is 2.49. The van der Waals surface area contributed by atoms with E-state index in [9.17, 15) is 0 Å². The molecule has 0 saturated heterocycles. The summed E-state index contributed by atoms with van der Waals surface area (Å²) in [6.07, 6.45) is 3.14. The highest BCUT2D eigenvalue weighted by molar-refractivity contribution is 5.82. The van der Waals surface area contributed by atoms with Gasteiger partial charge in [0.1, 0.15) is 0 Å². The van der Waals surface area contributed by atoms with E-state index in [-0.39, 0.29) is 0 Å². The maximum Gasteiger partial charge on any atom is 0.0456 e. The lowest BCUT2D eigenvalue weighted by molar-refractivity contribution is 0.412. The maximum absolute atomic E-state index is 3.25. The quantitative estimate of drug-likeness (QED) is 0.699. The van der Waals surface area contributed by atoms with Crippen molar-refractivity contribution in [2.24, 2.45) is 5.41 Å². The molecule has 1 aromatic carbocycles. The van der Waals surface area contributed by atoms with Gasteiger partial charge in [-0.3, -0.25) is 0 Å². The molecular weight excluding hydrogens is 170 g/mol. The second-order valence-electron chi connectivity index (χ2n) is 5.09. The number of hydrogen-bond donors (Lipinski definition) is 1. The summed E-state index contributed by atoms with van der Waals surface area (Å²) in [6, 6.07) is 8.64. The molecule has 0 aliphatic heterocycles. The lowest BCUT2D eigenvalue weighted by atomic mass is 9.87. The number of benzene rings is 1. The molecule has 0 saturated carbocycles. The van der Waals surface area contributed by atoms with Gasteiger partial charge < -0.3 is 4.98 Å². The monoisotopic (exact) mass is 187 g/mol. The van der Waals surface area contributed by atoms with Crippen LogP contribution in [0, 0.1) is 5.41 Å². The first-order valence-electron chi connectivity index (χ1n) is 5.11. The van der Waals surface area contributed by atoms with Crippen LogP contribution in [0.25, 0.3) is 10.9 Å². The van der Waals surface area contributed by atoms with Crippen LogP contribution in [0.15, 0.2) is 30.5 Å². The fourth-order valence-electron chi connectivity index (χ4n) is 1.88. The van der Waals surface area contributed by atoms with Crippen LogP contribution in [0.2, 0.25) is 0 Å². The zero-order valence-corrected chi connectivity index (χ0v) is 9.09. The summed E-state index contributed by atoms with van der Waals surface area (Å²) in [7, 11) is 0. The number of H-pyrrole nitrogens is 1. The number of hydrogen-bond acceptors (Lipinski definition) is 0. The molecule has 0 aliphatic rings. The molecule has 1 N–H and O–H groups in total. The minimum atomic E-state index is 0.353. The van der Waals surface area contributed by atoms with Gasteiger partial charge in [-0.15, -0.1) is 0 Å². The Bertz CT molecular complexity index is 432. The van der Waals surface area contributed by atoms with Gasteiger partial charge in [0.15, 0.2) is 0 Å². The molecule has 0 spiro atoms. The van der Waals surface area contributed by atoms with E-state index in [2.05, 4.69) is 50.0 Å². The number of aromatic amines is 1. The predicted octanol–water partition coefficient (Wildman–Crippen LogP) is 3.76. The smallest absolute Gasteiger partial charge is 0.0456 e. The Morgan fingerprint density at radius 3 is 2.64 bits per heavy atom. The minimum absolute atomic E-state index is 0.353. The first kappa shape index (κ1) is 9.32. The van der Waals surface area contributed by atoms with Crippen LogP contribution in [0.4, 0.5) is 0 Å². The summed E-state index contributed by atoms with van der Waals surface area (Å²) in [4.78, 5) is 3.25. The number of nitrogens with one attached hydrogen (secondary N) is 1. The first-order chi connectivity index (χ1) is 6.56. The van der Waals surface area contributed by atoms with E-state index < -0.39 is 0 Å². The minimum Gasteiger partial charge on any atom is -0.361 e. The predicted molar refractivity (Wildman–Crippen MR) is 61.5 cm³/mol. The highest BCUT2D eigenvalue weighted by Gasteiger charge is 2.13. The third-order valence-electron chi connectivity index (χ3n) is 2.41. The standard InChI is InChI=1S/C13H17N/c1-13(2,3)9-10-5-4-6-12-11(10)7-8-14-12/h4-8,14H,9H2,1-3H3. The van der Waals surface area contributed by atoms with Gasteiger partial charge in [0.2, 0.25) is 0 Å². The van der Waals surface area contributed by atoms with Crippen molar-refractivity contribution in [3.05, 3.63) is 36.0 Å². The van der Waals surface area contributed by atoms with Gasteiger partial charge in [-0.05, 0) is 29.5 Å². The zero-order chi connectivity index (χ0) is 10.2. The van der Waals surface area contributed by atoms with Crippen molar-refractivity contribution in [1.29, 1.82) is 0 Å². The largest absolute Gasteiger partial charge is 0.361 e. The molecule has 1 heteroatoms. The Kier molecular flexibility index (Phi) is 2.10. The molecule has 2 aromatic rings. The summed E-state index contributed by atoms with van der Waals surface area (Å²) < 4.78 is 0. The summed E-state index contributed by atoms with van der Waals surface area (Å²) in [5, 5.41) is 1.36. The van der Waals surface area contributed by atoms with Crippen molar-refractivity contribution < 1.29 is 0 Å². The zero-order valence-electron chi connectivity index (χ0n) is 9.09. The van der Waals surface area contributed by atoms with E-state index in [0.717, 1.165) is 6.42 Å². The van der Waals surface area contributed by atoms with Crippen LogP contribution in [-0.4, -0.2) is 4.98 Å². The molecule has 2 rings (SSSR count). The van der Waals surface area contributed by atoms with Gasteiger partial charge in [-0.1, -0.05) is 32.9 Å². The van der Waals surface area contributed by atoms with Crippen LogP contribution in [0.1, 0.15) is 26.3 Å². The van der Waals surface area contributed by atoms with E-state index in [1.165, 1.54) is 16.5 Å². The third kappa shape index (κ3) is 1.82. The number of aromatic nitrogens is 1. The Morgan fingerprint density at radius 2 is 1.93 bits per heavy atom. The highest BCUT2D eigenvalue weighted by Crippen LogP contribution is 2.25. The van der Waals surface area contributed by atoms with Crippen LogP contribution in [-0.2, 0) is 6.42 Å². The lowest BCUT2D eigenvalue weighted by Crippen LogP contribution is -2.09. The molecule has 74 valence electrons. The van der Waals surface area contributed by atoms with Crippen LogP contribution in [0.3, 0.4) is 0 Å². The molecule has 14 heavy (non-hydrogen) atoms. The summed E-state index contributed by atoms with van der Waals surface area (Å²) >= 11 is 0. The van der Waals surface area contributed by atoms with E-state index >= 15 is 0 Å². The van der Waals surface area contributed by atoms with E-state index in [4.69, 9.17) is 0 Å². The molecule has 0 aliphatic carbocycles. The van der Waals surface area contributed by atoms with E-state index in [1.54, 1.807) is 0 Å². The summed E-state index contributed by atoms with van der Waals surface area (Å²) in [6.45, 7) is 6.83. The molecule has 0 bridgehead atoms. The Balaban J connectivity index is 2.46. The van der Waals surface area contributed by atoms with Crippen LogP contribution >= 0.6 is 0 Å². The van der Waals surface area contributed by atoms with Gasteiger partial charge in [0.05, 0.1) is 0 Å². The second-order valence-corrected chi connectivity index (χ2v) is 5.09. The topological polar surface area (TPSA) is 15.8 Å². The number of fused-ring (bicyclic) bond motifs is 1. The molecule has 1 nitrogen and oxygen atoms in total. The van der Waals surface area contributed by atoms with E-state index in [1.807, 2.05) is 6.20 Å². The van der Waals surface area contributed by atoms with Crippen molar-refractivity contribution in [3.8, 4) is 0 Å². The summed E-state index contributed by atoms with van der Waals surface area (Å²) in [5.41, 5.74) is 3.04. The molecule has 0 atom stereocenters. The van der Waals surface area contributed by atoms with Crippen molar-refractivity contribution >= 4 is 10.9 Å². The molecular formula is C13H17N. The van der Waals surface area contributed by atoms with Crippen LogP contribution in [0.5, 0.6) is 0 Å². The maximum atomic E-state index is 3.25. The molecule has 0 amide bonds.